The van der Waals surface area contributed by atoms with Gasteiger partial charge >= 0.3 is 11.9 Å². The van der Waals surface area contributed by atoms with Gasteiger partial charge in [0.2, 0.25) is 0 Å². The smallest absolute Gasteiger partial charge is 0.333 e. The average Bonchev–Trinajstić information content (AvgIpc) is 2.76. The van der Waals surface area contributed by atoms with Crippen molar-refractivity contribution in [1.82, 2.24) is 9.80 Å². The van der Waals surface area contributed by atoms with Crippen molar-refractivity contribution in [2.45, 2.75) is 33.9 Å². The summed E-state index contributed by atoms with van der Waals surface area (Å²) in [5.74, 6) is -0.820. The van der Waals surface area contributed by atoms with E-state index in [2.05, 4.69) is 13.2 Å². The largest absolute Gasteiger partial charge is 0.507 e. The number of aliphatic hydroxyl groups excluding tert-OH is 2. The molecule has 0 aliphatic rings. The molecule has 9 nitrogen and oxygen atoms in total. The lowest BCUT2D eigenvalue weighted by Crippen LogP contribution is -2.32. The maximum Gasteiger partial charge on any atom is 0.333 e. The van der Waals surface area contributed by atoms with E-state index in [1.807, 2.05) is 28.9 Å². The first-order chi connectivity index (χ1) is 16.1. The minimum absolute atomic E-state index is 0.0823. The van der Waals surface area contributed by atoms with Crippen molar-refractivity contribution < 1.29 is 34.4 Å². The van der Waals surface area contributed by atoms with E-state index in [9.17, 15) is 24.9 Å². The normalized spacial score (nSPS) is 11.0. The van der Waals surface area contributed by atoms with Gasteiger partial charge in [0.05, 0.1) is 13.2 Å². The van der Waals surface area contributed by atoms with Gasteiger partial charge < -0.3 is 24.8 Å². The van der Waals surface area contributed by atoms with Gasteiger partial charge in [-0.25, -0.2) is 9.59 Å². The van der Waals surface area contributed by atoms with Gasteiger partial charge in [-0.05, 0) is 20.8 Å². The predicted octanol–water partition coefficient (Wildman–Crippen LogP) is 1.53. The van der Waals surface area contributed by atoms with E-state index in [0.717, 1.165) is 5.56 Å². The summed E-state index contributed by atoms with van der Waals surface area (Å²) in [7, 11) is 0. The lowest BCUT2D eigenvalue weighted by molar-refractivity contribution is -0.140. The second-order valence-electron chi connectivity index (χ2n) is 8.26. The molecule has 1 rings (SSSR count). The molecular formula is C25H38N2O7. The molecule has 9 heteroatoms. The first kappa shape index (κ1) is 29.3. The molecule has 1 aromatic rings. The molecule has 0 aliphatic heterocycles. The average molecular weight is 479 g/mol. The number of aryl methyl sites for hydroxylation is 1. The zero-order chi connectivity index (χ0) is 25.7. The Morgan fingerprint density at radius 3 is 1.53 bits per heavy atom. The highest BCUT2D eigenvalue weighted by atomic mass is 16.5. The maximum absolute atomic E-state index is 11.6. The van der Waals surface area contributed by atoms with Crippen LogP contribution in [-0.4, -0.2) is 89.7 Å². The van der Waals surface area contributed by atoms with Crippen LogP contribution < -0.4 is 0 Å². The van der Waals surface area contributed by atoms with Crippen LogP contribution in [0.3, 0.4) is 0 Å². The Kier molecular flexibility index (Phi) is 13.1. The van der Waals surface area contributed by atoms with Crippen LogP contribution in [0, 0.1) is 6.92 Å². The quantitative estimate of drug-likeness (QED) is 0.240. The second-order valence-corrected chi connectivity index (χ2v) is 8.26. The minimum atomic E-state index is -0.470. The monoisotopic (exact) mass is 478 g/mol. The number of carbonyl (C=O) groups excluding carboxylic acids is 2. The number of esters is 2. The van der Waals surface area contributed by atoms with Crippen LogP contribution in [0.4, 0.5) is 0 Å². The Bertz CT molecular complexity index is 789. The third-order valence-corrected chi connectivity index (χ3v) is 5.01. The van der Waals surface area contributed by atoms with Crippen molar-refractivity contribution in [3.63, 3.8) is 0 Å². The Morgan fingerprint density at radius 2 is 1.21 bits per heavy atom. The summed E-state index contributed by atoms with van der Waals surface area (Å²) in [6.07, 6.45) is 0. The first-order valence-corrected chi connectivity index (χ1v) is 11.2. The Balaban J connectivity index is 2.90. The number of carbonyl (C=O) groups is 2. The van der Waals surface area contributed by atoms with Crippen LogP contribution >= 0.6 is 0 Å². The molecular weight excluding hydrogens is 440 g/mol. The van der Waals surface area contributed by atoms with E-state index in [1.54, 1.807) is 13.8 Å². The SMILES string of the molecule is C=C(C)C(=O)OCCN(CCO)Cc1cc(C)cc(CN(CCO)CCOC(=O)C(=C)C)c1O. The van der Waals surface area contributed by atoms with Crippen molar-refractivity contribution in [2.75, 3.05) is 52.6 Å². The van der Waals surface area contributed by atoms with Crippen LogP contribution in [0.15, 0.2) is 36.4 Å². The number of hydrogen-bond acceptors (Lipinski definition) is 9. The summed E-state index contributed by atoms with van der Waals surface area (Å²) in [5, 5.41) is 29.8. The summed E-state index contributed by atoms with van der Waals surface area (Å²) in [4.78, 5) is 27.0. The molecule has 0 saturated carbocycles. The highest BCUT2D eigenvalue weighted by Crippen LogP contribution is 2.27. The molecule has 0 spiro atoms. The predicted molar refractivity (Wildman–Crippen MR) is 129 cm³/mol. The van der Waals surface area contributed by atoms with Crippen LogP contribution in [0.1, 0.15) is 30.5 Å². The van der Waals surface area contributed by atoms with Crippen LogP contribution in [-0.2, 0) is 32.2 Å². The van der Waals surface area contributed by atoms with E-state index in [-0.39, 0.29) is 32.2 Å². The zero-order valence-corrected chi connectivity index (χ0v) is 20.5. The van der Waals surface area contributed by atoms with Gasteiger partial charge in [-0.3, -0.25) is 9.80 Å². The molecule has 34 heavy (non-hydrogen) atoms. The molecule has 0 aromatic heterocycles. The molecule has 0 amide bonds. The third kappa shape index (κ3) is 10.5. The number of hydrogen-bond donors (Lipinski definition) is 3. The van der Waals surface area contributed by atoms with Crippen molar-refractivity contribution in [2.24, 2.45) is 0 Å². The Morgan fingerprint density at radius 1 is 0.824 bits per heavy atom. The topological polar surface area (TPSA) is 120 Å². The number of aliphatic hydroxyl groups is 2. The van der Waals surface area contributed by atoms with Crippen molar-refractivity contribution in [3.05, 3.63) is 53.1 Å². The van der Waals surface area contributed by atoms with Crippen LogP contribution in [0.25, 0.3) is 0 Å². The number of nitrogens with zero attached hydrogens (tertiary/aromatic N) is 2. The summed E-state index contributed by atoms with van der Waals surface area (Å²) < 4.78 is 10.3. The highest BCUT2D eigenvalue weighted by molar-refractivity contribution is 5.87. The molecule has 1 aromatic carbocycles. The van der Waals surface area contributed by atoms with Crippen LogP contribution in [0.5, 0.6) is 5.75 Å². The molecule has 0 heterocycles. The Hall–Kier alpha value is -2.72. The molecule has 3 N–H and O–H groups in total. The summed E-state index contributed by atoms with van der Waals surface area (Å²) in [6, 6.07) is 3.74. The lowest BCUT2D eigenvalue weighted by atomic mass is 10.0. The van der Waals surface area contributed by atoms with Gasteiger partial charge in [-0.2, -0.15) is 0 Å². The van der Waals surface area contributed by atoms with Gasteiger partial charge in [-0.1, -0.05) is 30.9 Å². The van der Waals surface area contributed by atoms with E-state index in [0.29, 0.717) is 61.5 Å². The van der Waals surface area contributed by atoms with E-state index in [1.165, 1.54) is 0 Å². The molecule has 190 valence electrons. The number of benzene rings is 1. The number of phenols is 1. The highest BCUT2D eigenvalue weighted by Gasteiger charge is 2.16. The van der Waals surface area contributed by atoms with E-state index < -0.39 is 11.9 Å². The number of ether oxygens (including phenoxy) is 2. The lowest BCUT2D eigenvalue weighted by Gasteiger charge is -2.25. The van der Waals surface area contributed by atoms with Crippen LogP contribution in [0.2, 0.25) is 0 Å². The third-order valence-electron chi connectivity index (χ3n) is 5.01. The van der Waals surface area contributed by atoms with Gasteiger partial charge in [0.25, 0.3) is 0 Å². The fourth-order valence-electron chi connectivity index (χ4n) is 3.26. The molecule has 0 unspecified atom stereocenters. The summed E-state index contributed by atoms with van der Waals surface area (Å²) in [5.41, 5.74) is 2.92. The van der Waals surface area contributed by atoms with Gasteiger partial charge in [-0.15, -0.1) is 0 Å². The molecule has 0 aliphatic carbocycles. The second kappa shape index (κ2) is 15.2. The minimum Gasteiger partial charge on any atom is -0.507 e. The molecule has 0 saturated heterocycles. The van der Waals surface area contributed by atoms with Gasteiger partial charge in [0.15, 0.2) is 0 Å². The Labute approximate surface area is 201 Å². The fraction of sp³-hybridized carbons (Fsp3) is 0.520. The molecule has 0 radical (unpaired) electrons. The number of phenolic OH excluding ortho intramolecular Hbond substituents is 1. The number of rotatable bonds is 16. The fourth-order valence-corrected chi connectivity index (χ4v) is 3.26. The number of aromatic hydroxyl groups is 1. The molecule has 0 bridgehead atoms. The summed E-state index contributed by atoms with van der Waals surface area (Å²) >= 11 is 0. The van der Waals surface area contributed by atoms with Crippen molar-refractivity contribution in [1.29, 1.82) is 0 Å². The van der Waals surface area contributed by atoms with E-state index in [4.69, 9.17) is 9.47 Å². The standard InChI is InChI=1S/C25H38N2O7/c1-18(2)24(31)33-12-8-26(6-10-28)16-21-14-20(5)15-22(23(21)30)17-27(7-11-29)9-13-34-25(32)19(3)4/h14-15,28-30H,1,3,6-13,16-17H2,2,4-5H3. The van der Waals surface area contributed by atoms with Gasteiger partial charge in [0.1, 0.15) is 19.0 Å². The maximum atomic E-state index is 11.6. The zero-order valence-electron chi connectivity index (χ0n) is 20.5. The van der Waals surface area contributed by atoms with Crippen molar-refractivity contribution in [3.8, 4) is 5.75 Å². The van der Waals surface area contributed by atoms with Gasteiger partial charge in [0, 0.05) is 61.5 Å². The molecule has 0 fully saturated rings. The first-order valence-electron chi connectivity index (χ1n) is 11.2. The van der Waals surface area contributed by atoms with Crippen molar-refractivity contribution >= 4 is 11.9 Å². The van der Waals surface area contributed by atoms with E-state index >= 15 is 0 Å². The molecule has 0 atom stereocenters. The summed E-state index contributed by atoms with van der Waals surface area (Å²) in [6.45, 7) is 14.4.